The molecule has 27 heavy (non-hydrogen) atoms. The number of halogens is 1. The molecule has 0 bridgehead atoms. The molecule has 2 aromatic carbocycles. The molecule has 0 spiro atoms. The van der Waals surface area contributed by atoms with Gasteiger partial charge in [0.25, 0.3) is 5.91 Å². The van der Waals surface area contributed by atoms with Crippen LogP contribution in [0.2, 0.25) is 0 Å². The van der Waals surface area contributed by atoms with Crippen LogP contribution in [0.5, 0.6) is 0 Å². The van der Waals surface area contributed by atoms with Crippen LogP contribution in [0.1, 0.15) is 40.4 Å². The normalized spacial score (nSPS) is 14.9. The fourth-order valence-electron chi connectivity index (χ4n) is 2.62. The van der Waals surface area contributed by atoms with Crippen LogP contribution in [0.25, 0.3) is 0 Å². The average molecular weight is 410 g/mol. The molecular weight excluding hydrogens is 386 g/mol. The lowest BCUT2D eigenvalue weighted by Gasteiger charge is -2.15. The van der Waals surface area contributed by atoms with Crippen molar-refractivity contribution in [3.05, 3.63) is 65.2 Å². The lowest BCUT2D eigenvalue weighted by molar-refractivity contribution is 0.0950. The smallest absolute Gasteiger partial charge is 0.251 e. The zero-order valence-corrected chi connectivity index (χ0v) is 16.6. The van der Waals surface area contributed by atoms with Crippen molar-refractivity contribution >= 4 is 28.3 Å². The van der Waals surface area contributed by atoms with Crippen molar-refractivity contribution in [2.75, 3.05) is 6.54 Å². The van der Waals surface area contributed by atoms with Gasteiger partial charge in [-0.05, 0) is 43.0 Å². The second-order valence-corrected chi connectivity index (χ2v) is 8.31. The molecule has 8 heteroatoms. The van der Waals surface area contributed by atoms with Crippen LogP contribution >= 0.6 is 12.4 Å². The van der Waals surface area contributed by atoms with Crippen molar-refractivity contribution in [2.45, 2.75) is 36.7 Å². The van der Waals surface area contributed by atoms with Gasteiger partial charge in [0.15, 0.2) is 0 Å². The van der Waals surface area contributed by atoms with Gasteiger partial charge in [-0.25, -0.2) is 13.1 Å². The van der Waals surface area contributed by atoms with E-state index in [1.54, 1.807) is 13.0 Å². The molecule has 0 heterocycles. The highest BCUT2D eigenvalue weighted by atomic mass is 35.5. The molecule has 1 atom stereocenters. The van der Waals surface area contributed by atoms with E-state index in [9.17, 15) is 13.2 Å². The van der Waals surface area contributed by atoms with E-state index in [4.69, 9.17) is 5.73 Å². The van der Waals surface area contributed by atoms with Crippen molar-refractivity contribution < 1.29 is 13.2 Å². The molecule has 1 unspecified atom stereocenters. The topological polar surface area (TPSA) is 101 Å². The van der Waals surface area contributed by atoms with Gasteiger partial charge >= 0.3 is 0 Å². The maximum absolute atomic E-state index is 12.5. The second-order valence-electron chi connectivity index (χ2n) is 6.60. The predicted octanol–water partition coefficient (Wildman–Crippen LogP) is 2.29. The van der Waals surface area contributed by atoms with Crippen LogP contribution in [0.15, 0.2) is 53.4 Å². The first kappa shape index (κ1) is 21.4. The largest absolute Gasteiger partial charge is 0.350 e. The summed E-state index contributed by atoms with van der Waals surface area (Å²) in [7, 11) is -3.60. The van der Waals surface area contributed by atoms with Crippen LogP contribution in [0.3, 0.4) is 0 Å². The second kappa shape index (κ2) is 8.84. The molecule has 0 saturated heterocycles. The number of aryl methyl sites for hydroxylation is 1. The monoisotopic (exact) mass is 409 g/mol. The summed E-state index contributed by atoms with van der Waals surface area (Å²) in [6, 6.07) is 13.8. The third kappa shape index (κ3) is 5.52. The summed E-state index contributed by atoms with van der Waals surface area (Å²) in [4.78, 5) is 12.6. The van der Waals surface area contributed by atoms with Crippen molar-refractivity contribution in [1.82, 2.24) is 10.0 Å². The number of nitrogens with two attached hydrogens (primary N) is 1. The highest BCUT2D eigenvalue weighted by Gasteiger charge is 2.28. The third-order valence-corrected chi connectivity index (χ3v) is 5.89. The SMILES string of the molecule is Cc1ccc(S(=O)(=O)NC2CC2)cc1C(=O)NCC(N)c1ccccc1.Cl. The van der Waals surface area contributed by atoms with Gasteiger partial charge in [0.2, 0.25) is 10.0 Å². The summed E-state index contributed by atoms with van der Waals surface area (Å²) >= 11 is 0. The lowest BCUT2D eigenvalue weighted by Crippen LogP contribution is -2.32. The van der Waals surface area contributed by atoms with Gasteiger partial charge in [-0.1, -0.05) is 36.4 Å². The average Bonchev–Trinajstić information content (AvgIpc) is 3.43. The molecule has 2 aromatic rings. The van der Waals surface area contributed by atoms with E-state index < -0.39 is 10.0 Å². The maximum atomic E-state index is 12.5. The van der Waals surface area contributed by atoms with E-state index in [0.29, 0.717) is 11.1 Å². The summed E-state index contributed by atoms with van der Waals surface area (Å²) in [5, 5.41) is 2.79. The quantitative estimate of drug-likeness (QED) is 0.652. The minimum Gasteiger partial charge on any atom is -0.350 e. The standard InChI is InChI=1S/C19H23N3O3S.ClH/c1-13-7-10-16(26(24,25)22-15-8-9-15)11-17(13)19(23)21-12-18(20)14-5-3-2-4-6-14;/h2-7,10-11,15,18,22H,8-9,12,20H2,1H3,(H,21,23);1H. The molecule has 146 valence electrons. The first-order valence-electron chi connectivity index (χ1n) is 8.58. The number of sulfonamides is 1. The Morgan fingerprint density at radius 2 is 1.85 bits per heavy atom. The fraction of sp³-hybridized carbons (Fsp3) is 0.316. The number of carbonyl (C=O) groups is 1. The number of nitrogens with one attached hydrogen (secondary N) is 2. The molecule has 0 aromatic heterocycles. The number of hydrogen-bond acceptors (Lipinski definition) is 4. The van der Waals surface area contributed by atoms with Gasteiger partial charge < -0.3 is 11.1 Å². The Balaban J connectivity index is 0.00000261. The number of rotatable bonds is 7. The Labute approximate surface area is 166 Å². The van der Waals surface area contributed by atoms with E-state index >= 15 is 0 Å². The Morgan fingerprint density at radius 3 is 2.48 bits per heavy atom. The number of hydrogen-bond donors (Lipinski definition) is 3. The molecule has 0 aliphatic heterocycles. The van der Waals surface area contributed by atoms with Gasteiger partial charge in [-0.15, -0.1) is 12.4 Å². The van der Waals surface area contributed by atoms with E-state index in [1.807, 2.05) is 30.3 Å². The van der Waals surface area contributed by atoms with Gasteiger partial charge in [0.05, 0.1) is 4.90 Å². The number of carbonyl (C=O) groups excluding carboxylic acids is 1. The minimum absolute atomic E-state index is 0. The molecule has 1 amide bonds. The van der Waals surface area contributed by atoms with Crippen LogP contribution in [0, 0.1) is 6.92 Å². The van der Waals surface area contributed by atoms with E-state index in [1.165, 1.54) is 12.1 Å². The molecule has 1 saturated carbocycles. The van der Waals surface area contributed by atoms with Crippen molar-refractivity contribution in [2.24, 2.45) is 5.73 Å². The molecule has 4 N–H and O–H groups in total. The summed E-state index contributed by atoms with van der Waals surface area (Å²) in [5.74, 6) is -0.336. The first-order valence-corrected chi connectivity index (χ1v) is 10.1. The summed E-state index contributed by atoms with van der Waals surface area (Å²) in [6.07, 6.45) is 1.71. The molecule has 1 aliphatic carbocycles. The summed E-state index contributed by atoms with van der Waals surface area (Å²) in [6.45, 7) is 2.04. The molecule has 3 rings (SSSR count). The highest BCUT2D eigenvalue weighted by molar-refractivity contribution is 7.89. The van der Waals surface area contributed by atoms with E-state index in [0.717, 1.165) is 18.4 Å². The molecule has 0 radical (unpaired) electrons. The van der Waals surface area contributed by atoms with Crippen molar-refractivity contribution in [1.29, 1.82) is 0 Å². The van der Waals surface area contributed by atoms with Gasteiger partial charge in [0.1, 0.15) is 0 Å². The Morgan fingerprint density at radius 1 is 1.19 bits per heavy atom. The molecular formula is C19H24ClN3O3S. The Kier molecular flexibility index (Phi) is 7.00. The molecule has 6 nitrogen and oxygen atoms in total. The van der Waals surface area contributed by atoms with Crippen LogP contribution in [-0.4, -0.2) is 26.9 Å². The van der Waals surface area contributed by atoms with Crippen LogP contribution in [0.4, 0.5) is 0 Å². The van der Waals surface area contributed by atoms with Crippen LogP contribution in [-0.2, 0) is 10.0 Å². The van der Waals surface area contributed by atoms with E-state index in [2.05, 4.69) is 10.0 Å². The van der Waals surface area contributed by atoms with Crippen LogP contribution < -0.4 is 15.8 Å². The molecule has 1 fully saturated rings. The number of amides is 1. The maximum Gasteiger partial charge on any atom is 0.251 e. The summed E-state index contributed by atoms with van der Waals surface area (Å²) in [5.41, 5.74) is 8.07. The fourth-order valence-corrected chi connectivity index (χ4v) is 3.95. The highest BCUT2D eigenvalue weighted by Crippen LogP contribution is 2.23. The van der Waals surface area contributed by atoms with Crippen molar-refractivity contribution in [3.63, 3.8) is 0 Å². The summed E-state index contributed by atoms with van der Waals surface area (Å²) < 4.78 is 27.3. The first-order chi connectivity index (χ1) is 12.4. The predicted molar refractivity (Wildman–Crippen MR) is 107 cm³/mol. The van der Waals surface area contributed by atoms with Gasteiger partial charge in [-0.2, -0.15) is 0 Å². The van der Waals surface area contributed by atoms with Crippen molar-refractivity contribution in [3.8, 4) is 0 Å². The molecule has 1 aliphatic rings. The third-order valence-electron chi connectivity index (χ3n) is 4.37. The lowest BCUT2D eigenvalue weighted by atomic mass is 10.1. The van der Waals surface area contributed by atoms with E-state index in [-0.39, 0.29) is 41.8 Å². The Hall–Kier alpha value is -1.93. The minimum atomic E-state index is -3.60. The Bertz CT molecular complexity index is 900. The zero-order valence-electron chi connectivity index (χ0n) is 15.0. The number of benzene rings is 2. The van der Waals surface area contributed by atoms with Gasteiger partial charge in [-0.3, -0.25) is 4.79 Å². The van der Waals surface area contributed by atoms with Gasteiger partial charge in [0, 0.05) is 24.2 Å². The zero-order chi connectivity index (χ0) is 18.7.